The number of rotatable bonds is 8. The Morgan fingerprint density at radius 2 is 1.58 bits per heavy atom. The Morgan fingerprint density at radius 3 is 2.21 bits per heavy atom. The molecule has 1 aromatic heterocycles. The summed E-state index contributed by atoms with van der Waals surface area (Å²) in [6.07, 6.45) is 0. The molecule has 0 saturated heterocycles. The highest BCUT2D eigenvalue weighted by Gasteiger charge is 2.18. The van der Waals surface area contributed by atoms with Crippen LogP contribution >= 0.6 is 0 Å². The van der Waals surface area contributed by atoms with Crippen LogP contribution in [0.5, 0.6) is 5.75 Å². The first-order valence-corrected chi connectivity index (χ1v) is 10.9. The Bertz CT molecular complexity index is 1200. The van der Waals surface area contributed by atoms with E-state index in [0.29, 0.717) is 6.54 Å². The van der Waals surface area contributed by atoms with Gasteiger partial charge in [0.15, 0.2) is 0 Å². The minimum absolute atomic E-state index is 0.0967. The number of nitrogens with one attached hydrogen (secondary N) is 1. The van der Waals surface area contributed by atoms with Gasteiger partial charge in [0.25, 0.3) is 0 Å². The Morgan fingerprint density at radius 1 is 0.939 bits per heavy atom. The molecule has 33 heavy (non-hydrogen) atoms. The first-order chi connectivity index (χ1) is 16.0. The molecule has 0 atom stereocenters. The average Bonchev–Trinajstić information content (AvgIpc) is 3.13. The van der Waals surface area contributed by atoms with Crippen molar-refractivity contribution in [2.45, 2.75) is 20.4 Å². The van der Waals surface area contributed by atoms with E-state index in [-0.39, 0.29) is 12.5 Å². The lowest BCUT2D eigenvalue weighted by molar-refractivity contribution is -0.115. The number of hydrogen-bond acceptors (Lipinski definition) is 4. The maximum absolute atomic E-state index is 13.1. The zero-order valence-electron chi connectivity index (χ0n) is 19.2. The van der Waals surface area contributed by atoms with Crippen molar-refractivity contribution in [3.05, 3.63) is 102 Å². The van der Waals surface area contributed by atoms with Gasteiger partial charge in [-0.25, -0.2) is 4.68 Å². The number of carbonyl (C=O) groups excluding carboxylic acids is 1. The summed E-state index contributed by atoms with van der Waals surface area (Å²) < 4.78 is 7.14. The van der Waals surface area contributed by atoms with Crippen molar-refractivity contribution < 1.29 is 9.53 Å². The third-order valence-corrected chi connectivity index (χ3v) is 5.54. The van der Waals surface area contributed by atoms with Gasteiger partial charge in [-0.15, -0.1) is 0 Å². The van der Waals surface area contributed by atoms with Crippen molar-refractivity contribution in [2.24, 2.45) is 0 Å². The van der Waals surface area contributed by atoms with Gasteiger partial charge in [0.2, 0.25) is 5.91 Å². The van der Waals surface area contributed by atoms with E-state index < -0.39 is 0 Å². The van der Waals surface area contributed by atoms with Crippen molar-refractivity contribution in [2.75, 3.05) is 23.9 Å². The summed E-state index contributed by atoms with van der Waals surface area (Å²) in [6, 6.07) is 27.8. The van der Waals surface area contributed by atoms with Crippen LogP contribution in [-0.4, -0.2) is 29.3 Å². The van der Waals surface area contributed by atoms with Crippen LogP contribution in [0, 0.1) is 13.8 Å². The second-order valence-electron chi connectivity index (χ2n) is 7.88. The van der Waals surface area contributed by atoms with Crippen molar-refractivity contribution in [3.8, 4) is 11.4 Å². The van der Waals surface area contributed by atoms with E-state index in [1.165, 1.54) is 0 Å². The topological polar surface area (TPSA) is 59.4 Å². The first-order valence-electron chi connectivity index (χ1n) is 10.9. The summed E-state index contributed by atoms with van der Waals surface area (Å²) in [6.45, 7) is 4.69. The molecule has 3 aromatic carbocycles. The molecule has 0 aliphatic heterocycles. The SMILES string of the molecule is COc1ccc(N(CC(=O)Nc2c(C)nn(-c3ccccc3)c2C)Cc2ccccc2)cc1. The molecule has 4 rings (SSSR count). The van der Waals surface area contributed by atoms with Crippen molar-refractivity contribution in [3.63, 3.8) is 0 Å². The predicted octanol–water partition coefficient (Wildman–Crippen LogP) is 5.14. The Kier molecular flexibility index (Phi) is 6.74. The maximum Gasteiger partial charge on any atom is 0.244 e. The number of anilines is 2. The number of aromatic nitrogens is 2. The number of amides is 1. The monoisotopic (exact) mass is 440 g/mol. The second-order valence-corrected chi connectivity index (χ2v) is 7.88. The van der Waals surface area contributed by atoms with Gasteiger partial charge < -0.3 is 15.0 Å². The summed E-state index contributed by atoms with van der Waals surface area (Å²) >= 11 is 0. The molecule has 1 heterocycles. The van der Waals surface area contributed by atoms with E-state index in [9.17, 15) is 4.79 Å². The summed E-state index contributed by atoms with van der Waals surface area (Å²) in [5.74, 6) is 0.683. The van der Waals surface area contributed by atoms with Gasteiger partial charge in [0.1, 0.15) is 5.75 Å². The molecule has 6 heteroatoms. The highest BCUT2D eigenvalue weighted by molar-refractivity contribution is 5.95. The molecule has 0 radical (unpaired) electrons. The minimum atomic E-state index is -0.0967. The fourth-order valence-electron chi connectivity index (χ4n) is 3.83. The average molecular weight is 441 g/mol. The smallest absolute Gasteiger partial charge is 0.244 e. The zero-order chi connectivity index (χ0) is 23.2. The third kappa shape index (κ3) is 5.23. The van der Waals surface area contributed by atoms with Crippen LogP contribution in [0.1, 0.15) is 17.0 Å². The number of nitrogens with zero attached hydrogens (tertiary/aromatic N) is 3. The van der Waals surface area contributed by atoms with Crippen LogP contribution in [0.2, 0.25) is 0 Å². The highest BCUT2D eigenvalue weighted by Crippen LogP contribution is 2.24. The van der Waals surface area contributed by atoms with E-state index in [1.807, 2.05) is 91.3 Å². The molecular formula is C27H28N4O2. The number of ether oxygens (including phenoxy) is 1. The lowest BCUT2D eigenvalue weighted by atomic mass is 10.2. The molecule has 0 fully saturated rings. The van der Waals surface area contributed by atoms with E-state index in [0.717, 1.165) is 39.8 Å². The standard InChI is InChI=1S/C27H28N4O2/c1-20-27(21(2)31(29-20)24-12-8-5-9-13-24)28-26(32)19-30(18-22-10-6-4-7-11-22)23-14-16-25(33-3)17-15-23/h4-17H,18-19H2,1-3H3,(H,28,32). The van der Waals surface area contributed by atoms with Gasteiger partial charge >= 0.3 is 0 Å². The molecule has 1 amide bonds. The van der Waals surface area contributed by atoms with Crippen molar-refractivity contribution in [1.82, 2.24) is 9.78 Å². The van der Waals surface area contributed by atoms with E-state index in [2.05, 4.69) is 27.4 Å². The fraction of sp³-hybridized carbons (Fsp3) is 0.185. The van der Waals surface area contributed by atoms with Crippen LogP contribution in [0.4, 0.5) is 11.4 Å². The van der Waals surface area contributed by atoms with E-state index >= 15 is 0 Å². The van der Waals surface area contributed by atoms with Gasteiger partial charge in [0.05, 0.1) is 36.4 Å². The molecule has 0 aliphatic carbocycles. The molecule has 0 bridgehead atoms. The normalized spacial score (nSPS) is 10.6. The molecule has 0 unspecified atom stereocenters. The van der Waals surface area contributed by atoms with E-state index in [4.69, 9.17) is 4.74 Å². The zero-order valence-corrected chi connectivity index (χ0v) is 19.2. The molecule has 0 spiro atoms. The van der Waals surface area contributed by atoms with Crippen LogP contribution < -0.4 is 15.0 Å². The largest absolute Gasteiger partial charge is 0.497 e. The summed E-state index contributed by atoms with van der Waals surface area (Å²) in [7, 11) is 1.64. The van der Waals surface area contributed by atoms with Crippen LogP contribution in [0.15, 0.2) is 84.9 Å². The number of benzene rings is 3. The summed E-state index contributed by atoms with van der Waals surface area (Å²) in [5, 5.41) is 7.72. The van der Waals surface area contributed by atoms with Crippen molar-refractivity contribution >= 4 is 17.3 Å². The summed E-state index contributed by atoms with van der Waals surface area (Å²) in [4.78, 5) is 15.2. The third-order valence-electron chi connectivity index (χ3n) is 5.54. The molecule has 1 N–H and O–H groups in total. The molecular weight excluding hydrogens is 412 g/mol. The molecule has 0 saturated carbocycles. The highest BCUT2D eigenvalue weighted by atomic mass is 16.5. The second kappa shape index (κ2) is 10.0. The summed E-state index contributed by atoms with van der Waals surface area (Å²) in [5.41, 5.74) is 5.46. The predicted molar refractivity (Wildman–Crippen MR) is 132 cm³/mol. The molecule has 0 aliphatic rings. The lowest BCUT2D eigenvalue weighted by Gasteiger charge is -2.25. The Labute approximate surface area is 194 Å². The van der Waals surface area contributed by atoms with E-state index in [1.54, 1.807) is 7.11 Å². The number of para-hydroxylation sites is 1. The van der Waals surface area contributed by atoms with Crippen LogP contribution in [0.25, 0.3) is 5.69 Å². The van der Waals surface area contributed by atoms with Gasteiger partial charge in [-0.3, -0.25) is 4.79 Å². The fourth-order valence-corrected chi connectivity index (χ4v) is 3.83. The number of carbonyl (C=O) groups is 1. The number of hydrogen-bond donors (Lipinski definition) is 1. The first kappa shape index (κ1) is 22.1. The van der Waals surface area contributed by atoms with Crippen molar-refractivity contribution in [1.29, 1.82) is 0 Å². The minimum Gasteiger partial charge on any atom is -0.497 e. The van der Waals surface area contributed by atoms with Gasteiger partial charge in [-0.05, 0) is 55.8 Å². The molecule has 4 aromatic rings. The van der Waals surface area contributed by atoms with Gasteiger partial charge in [0, 0.05) is 12.2 Å². The quantitative estimate of drug-likeness (QED) is 0.412. The molecule has 6 nitrogen and oxygen atoms in total. The Balaban J connectivity index is 1.55. The molecule has 168 valence electrons. The van der Waals surface area contributed by atoms with Crippen LogP contribution in [0.3, 0.4) is 0 Å². The van der Waals surface area contributed by atoms with Gasteiger partial charge in [-0.2, -0.15) is 5.10 Å². The Hall–Kier alpha value is -4.06. The maximum atomic E-state index is 13.1. The number of aryl methyl sites for hydroxylation is 1. The van der Waals surface area contributed by atoms with Gasteiger partial charge in [-0.1, -0.05) is 48.5 Å². The van der Waals surface area contributed by atoms with Crippen LogP contribution in [-0.2, 0) is 11.3 Å². The number of methoxy groups -OCH3 is 1. The lowest BCUT2D eigenvalue weighted by Crippen LogP contribution is -2.33.